The van der Waals surface area contributed by atoms with Crippen molar-refractivity contribution < 1.29 is 27.5 Å². The fourth-order valence-electron chi connectivity index (χ4n) is 2.85. The third-order valence-corrected chi connectivity index (χ3v) is 6.23. The predicted molar refractivity (Wildman–Crippen MR) is 108 cm³/mol. The van der Waals surface area contributed by atoms with Crippen LogP contribution in [0.4, 0.5) is 16.2 Å². The first-order chi connectivity index (χ1) is 13.7. The van der Waals surface area contributed by atoms with Crippen molar-refractivity contribution in [2.75, 3.05) is 22.9 Å². The van der Waals surface area contributed by atoms with Gasteiger partial charge in [-0.25, -0.2) is 18.0 Å². The fourth-order valence-corrected chi connectivity index (χ4v) is 4.66. The van der Waals surface area contributed by atoms with E-state index in [9.17, 15) is 18.0 Å². The summed E-state index contributed by atoms with van der Waals surface area (Å²) in [5, 5.41) is 0.302. The number of rotatable bonds is 5. The Morgan fingerprint density at radius 3 is 2.59 bits per heavy atom. The molecule has 154 valence electrons. The molecule has 8 nitrogen and oxygen atoms in total. The van der Waals surface area contributed by atoms with Gasteiger partial charge in [0.25, 0.3) is 10.0 Å². The minimum atomic E-state index is -4.17. The van der Waals surface area contributed by atoms with Crippen LogP contribution in [0.3, 0.4) is 0 Å². The second-order valence-electron chi connectivity index (χ2n) is 6.23. The maximum atomic E-state index is 13.1. The molecule has 2 aromatic rings. The van der Waals surface area contributed by atoms with Gasteiger partial charge in [0.2, 0.25) is 0 Å². The summed E-state index contributed by atoms with van der Waals surface area (Å²) in [7, 11) is -2.72. The van der Waals surface area contributed by atoms with Gasteiger partial charge >= 0.3 is 12.0 Å². The number of hydrogen-bond acceptors (Lipinski definition) is 6. The van der Waals surface area contributed by atoms with Gasteiger partial charge in [-0.15, -0.1) is 0 Å². The molecule has 1 heterocycles. The predicted octanol–water partition coefficient (Wildman–Crippen LogP) is 3.44. The van der Waals surface area contributed by atoms with E-state index in [1.807, 2.05) is 0 Å². The average Bonchev–Trinajstić information content (AvgIpc) is 2.66. The average molecular weight is 439 g/mol. The molecular weight excluding hydrogens is 420 g/mol. The number of hydrogen-bond donors (Lipinski definition) is 0. The number of carbonyl (C=O) groups excluding carboxylic acids is 2. The van der Waals surface area contributed by atoms with Crippen LogP contribution in [0.5, 0.6) is 5.75 Å². The van der Waals surface area contributed by atoms with E-state index in [2.05, 4.69) is 0 Å². The molecule has 0 bridgehead atoms. The number of sulfonamides is 1. The lowest BCUT2D eigenvalue weighted by Crippen LogP contribution is -2.49. The van der Waals surface area contributed by atoms with Crippen molar-refractivity contribution in [3.63, 3.8) is 0 Å². The Hall–Kier alpha value is -2.78. The van der Waals surface area contributed by atoms with Gasteiger partial charge in [0.1, 0.15) is 10.6 Å². The first kappa shape index (κ1) is 20.9. The van der Waals surface area contributed by atoms with Gasteiger partial charge in [0.05, 0.1) is 18.0 Å². The molecule has 0 aliphatic carbocycles. The molecule has 2 amide bonds. The highest BCUT2D eigenvalue weighted by molar-refractivity contribution is 7.94. The Morgan fingerprint density at radius 1 is 1.21 bits per heavy atom. The number of ether oxygens (including phenoxy) is 2. The zero-order valence-electron chi connectivity index (χ0n) is 16.0. The summed E-state index contributed by atoms with van der Waals surface area (Å²) in [5.74, 6) is -0.315. The lowest BCUT2D eigenvalue weighted by atomic mass is 10.2. The van der Waals surface area contributed by atoms with Crippen LogP contribution in [0, 0.1) is 0 Å². The molecule has 1 aliphatic rings. The van der Waals surface area contributed by atoms with Crippen molar-refractivity contribution in [2.24, 2.45) is 0 Å². The molecule has 29 heavy (non-hydrogen) atoms. The van der Waals surface area contributed by atoms with Crippen LogP contribution in [0.15, 0.2) is 47.4 Å². The third-order valence-electron chi connectivity index (χ3n) is 4.24. The molecule has 0 fully saturated rings. The summed E-state index contributed by atoms with van der Waals surface area (Å²) in [6, 6.07) is 9.41. The number of benzene rings is 2. The molecule has 0 radical (unpaired) electrons. The van der Waals surface area contributed by atoms with Crippen LogP contribution < -0.4 is 13.9 Å². The zero-order chi connectivity index (χ0) is 21.3. The second-order valence-corrected chi connectivity index (χ2v) is 8.42. The van der Waals surface area contributed by atoms with E-state index in [0.29, 0.717) is 9.33 Å². The van der Waals surface area contributed by atoms with Crippen molar-refractivity contribution in [3.05, 3.63) is 47.5 Å². The van der Waals surface area contributed by atoms with Crippen LogP contribution in [-0.4, -0.2) is 40.2 Å². The monoisotopic (exact) mass is 438 g/mol. The van der Waals surface area contributed by atoms with Gasteiger partial charge in [-0.2, -0.15) is 4.31 Å². The molecular formula is C19H19ClN2O6S. The van der Waals surface area contributed by atoms with Crippen LogP contribution in [-0.2, 0) is 19.6 Å². The molecule has 0 saturated heterocycles. The number of esters is 1. The minimum absolute atomic E-state index is 0.0734. The molecule has 3 rings (SSSR count). The summed E-state index contributed by atoms with van der Waals surface area (Å²) in [6.07, 6.45) is -0.892. The van der Waals surface area contributed by atoms with Crippen molar-refractivity contribution >= 4 is 45.0 Å². The van der Waals surface area contributed by atoms with Gasteiger partial charge in [-0.05, 0) is 44.2 Å². The van der Waals surface area contributed by atoms with Crippen LogP contribution >= 0.6 is 11.6 Å². The molecule has 0 spiro atoms. The van der Waals surface area contributed by atoms with Crippen molar-refractivity contribution in [1.82, 2.24) is 0 Å². The highest BCUT2D eigenvalue weighted by atomic mass is 35.5. The Labute approximate surface area is 173 Å². The second kappa shape index (κ2) is 7.92. The van der Waals surface area contributed by atoms with E-state index in [1.165, 1.54) is 49.2 Å². The van der Waals surface area contributed by atoms with Gasteiger partial charge < -0.3 is 9.47 Å². The number of fused-ring (bicyclic) bond motifs is 1. The zero-order valence-corrected chi connectivity index (χ0v) is 17.5. The van der Waals surface area contributed by atoms with Crippen molar-refractivity contribution in [2.45, 2.75) is 24.8 Å². The number of amides is 2. The number of nitrogens with zero attached hydrogens (tertiary/aromatic N) is 2. The molecule has 0 saturated carbocycles. The van der Waals surface area contributed by atoms with Crippen LogP contribution in [0.1, 0.15) is 13.8 Å². The maximum Gasteiger partial charge on any atom is 0.347 e. The first-order valence-electron chi connectivity index (χ1n) is 8.72. The van der Waals surface area contributed by atoms with Gasteiger partial charge in [-0.1, -0.05) is 17.7 Å². The Morgan fingerprint density at radius 2 is 1.93 bits per heavy atom. The maximum absolute atomic E-state index is 13.1. The molecule has 1 aliphatic heterocycles. The number of halogens is 1. The fraction of sp³-hybridized carbons (Fsp3) is 0.263. The van der Waals surface area contributed by atoms with E-state index in [-0.39, 0.29) is 28.6 Å². The standard InChI is InChI=1S/C19H19ClN2O6S/c1-4-27-18(23)12(2)28-15-8-9-17-16(11-15)21(3)19(24)22(29(17,25)26)14-7-5-6-13(20)10-14/h5-12H,4H2,1-3H3. The van der Waals surface area contributed by atoms with E-state index in [1.54, 1.807) is 19.1 Å². The van der Waals surface area contributed by atoms with Gasteiger partial charge in [0.15, 0.2) is 6.10 Å². The summed E-state index contributed by atoms with van der Waals surface area (Å²) in [5.41, 5.74) is 0.276. The summed E-state index contributed by atoms with van der Waals surface area (Å²) < 4.78 is 37.4. The SMILES string of the molecule is CCOC(=O)C(C)Oc1ccc2c(c1)N(C)C(=O)N(c1cccc(Cl)c1)S2(=O)=O. The van der Waals surface area contributed by atoms with E-state index in [4.69, 9.17) is 21.1 Å². The smallest absolute Gasteiger partial charge is 0.347 e. The first-order valence-corrected chi connectivity index (χ1v) is 10.5. The number of carbonyl (C=O) groups is 2. The van der Waals surface area contributed by atoms with Crippen molar-refractivity contribution in [1.29, 1.82) is 0 Å². The molecule has 1 unspecified atom stereocenters. The van der Waals surface area contributed by atoms with Crippen LogP contribution in [0.25, 0.3) is 0 Å². The Balaban J connectivity index is 2.00. The highest BCUT2D eigenvalue weighted by Gasteiger charge is 2.41. The van der Waals surface area contributed by atoms with Gasteiger partial charge in [-0.3, -0.25) is 4.90 Å². The van der Waals surface area contributed by atoms with Gasteiger partial charge in [0, 0.05) is 18.1 Å². The van der Waals surface area contributed by atoms with E-state index >= 15 is 0 Å². The number of urea groups is 1. The Kier molecular flexibility index (Phi) is 5.72. The molecule has 0 aromatic heterocycles. The highest BCUT2D eigenvalue weighted by Crippen LogP contribution is 2.39. The lowest BCUT2D eigenvalue weighted by molar-refractivity contribution is -0.150. The lowest BCUT2D eigenvalue weighted by Gasteiger charge is -2.34. The van der Waals surface area contributed by atoms with E-state index in [0.717, 1.165) is 0 Å². The summed E-state index contributed by atoms with van der Waals surface area (Å²) in [4.78, 5) is 25.7. The topological polar surface area (TPSA) is 93.2 Å². The van der Waals surface area contributed by atoms with E-state index < -0.39 is 28.1 Å². The normalized spacial score (nSPS) is 16.2. The molecule has 1 atom stereocenters. The number of anilines is 2. The molecule has 10 heteroatoms. The third kappa shape index (κ3) is 3.88. The summed E-state index contributed by atoms with van der Waals surface area (Å²) in [6.45, 7) is 3.41. The summed E-state index contributed by atoms with van der Waals surface area (Å²) >= 11 is 5.96. The van der Waals surface area contributed by atoms with Crippen molar-refractivity contribution in [3.8, 4) is 5.75 Å². The minimum Gasteiger partial charge on any atom is -0.479 e. The molecule has 0 N–H and O–H groups in total. The quantitative estimate of drug-likeness (QED) is 0.664. The van der Waals surface area contributed by atoms with Crippen LogP contribution in [0.2, 0.25) is 5.02 Å². The largest absolute Gasteiger partial charge is 0.479 e. The molecule has 2 aromatic carbocycles. The Bertz CT molecular complexity index is 1070.